The first-order valence-corrected chi connectivity index (χ1v) is 7.05. The lowest BCUT2D eigenvalue weighted by atomic mass is 10.1. The highest BCUT2D eigenvalue weighted by molar-refractivity contribution is 9.11. The maximum atomic E-state index is 12.9. The van der Waals surface area contributed by atoms with Gasteiger partial charge in [-0.2, -0.15) is 0 Å². The van der Waals surface area contributed by atoms with E-state index in [1.807, 2.05) is 18.2 Å². The van der Waals surface area contributed by atoms with Gasteiger partial charge in [0, 0.05) is 4.88 Å². The molecule has 1 unspecified atom stereocenters. The molecule has 1 heterocycles. The van der Waals surface area contributed by atoms with Crippen LogP contribution in [0.5, 0.6) is 0 Å². The lowest BCUT2D eigenvalue weighted by Gasteiger charge is -2.16. The zero-order valence-corrected chi connectivity index (χ0v) is 11.8. The van der Waals surface area contributed by atoms with E-state index in [2.05, 4.69) is 34.2 Å². The summed E-state index contributed by atoms with van der Waals surface area (Å²) in [7, 11) is 0. The second-order valence-electron chi connectivity index (χ2n) is 3.68. The van der Waals surface area contributed by atoms with Crippen LogP contribution in [0.3, 0.4) is 0 Å². The van der Waals surface area contributed by atoms with Gasteiger partial charge >= 0.3 is 0 Å². The molecule has 4 heteroatoms. The molecular weight excluding hydrogens is 301 g/mol. The Morgan fingerprint density at radius 1 is 1.24 bits per heavy atom. The molecule has 2 rings (SSSR count). The number of thiophene rings is 1. The highest BCUT2D eigenvalue weighted by Crippen LogP contribution is 2.31. The van der Waals surface area contributed by atoms with Crippen LogP contribution in [0.2, 0.25) is 0 Å². The van der Waals surface area contributed by atoms with Crippen LogP contribution in [0.25, 0.3) is 0 Å². The third-order valence-corrected chi connectivity index (χ3v) is 4.18. The quantitative estimate of drug-likeness (QED) is 0.885. The minimum absolute atomic E-state index is 0.136. The molecule has 17 heavy (non-hydrogen) atoms. The standard InChI is InChI=1S/C13H13BrFNS/c1-2-16-13(11-7-8-12(14)17-11)9-3-5-10(15)6-4-9/h3-8,13,16H,2H2,1H3. The molecule has 1 nitrogen and oxygen atoms in total. The fraction of sp³-hybridized carbons (Fsp3) is 0.231. The monoisotopic (exact) mass is 313 g/mol. The largest absolute Gasteiger partial charge is 0.306 e. The zero-order chi connectivity index (χ0) is 12.3. The summed E-state index contributed by atoms with van der Waals surface area (Å²) in [6, 6.07) is 10.9. The third-order valence-electron chi connectivity index (χ3n) is 2.49. The summed E-state index contributed by atoms with van der Waals surface area (Å²) in [6.07, 6.45) is 0. The predicted octanol–water partition coefficient (Wildman–Crippen LogP) is 4.35. The van der Waals surface area contributed by atoms with Crippen LogP contribution in [0.1, 0.15) is 23.4 Å². The first kappa shape index (κ1) is 12.7. The second kappa shape index (κ2) is 5.76. The molecular formula is C13H13BrFNS. The van der Waals surface area contributed by atoms with Gasteiger partial charge in [0.05, 0.1) is 9.83 Å². The van der Waals surface area contributed by atoms with E-state index >= 15 is 0 Å². The van der Waals surface area contributed by atoms with Gasteiger partial charge in [0.25, 0.3) is 0 Å². The smallest absolute Gasteiger partial charge is 0.123 e. The van der Waals surface area contributed by atoms with Crippen molar-refractivity contribution in [3.05, 3.63) is 56.4 Å². The Morgan fingerprint density at radius 2 is 1.94 bits per heavy atom. The Kier molecular flexibility index (Phi) is 4.31. The van der Waals surface area contributed by atoms with E-state index in [1.54, 1.807) is 11.3 Å². The fourth-order valence-corrected chi connectivity index (χ4v) is 3.25. The molecule has 90 valence electrons. The van der Waals surface area contributed by atoms with Crippen molar-refractivity contribution >= 4 is 27.3 Å². The Bertz CT molecular complexity index is 480. The number of nitrogens with one attached hydrogen (secondary N) is 1. The molecule has 1 aromatic heterocycles. The first-order chi connectivity index (χ1) is 8.20. The Labute approximate surface area is 113 Å². The van der Waals surface area contributed by atoms with Crippen molar-refractivity contribution in [2.24, 2.45) is 0 Å². The summed E-state index contributed by atoms with van der Waals surface area (Å²) < 4.78 is 14.0. The van der Waals surface area contributed by atoms with Crippen molar-refractivity contribution in [1.82, 2.24) is 5.32 Å². The van der Waals surface area contributed by atoms with Crippen LogP contribution in [-0.4, -0.2) is 6.54 Å². The summed E-state index contributed by atoms with van der Waals surface area (Å²) in [5.41, 5.74) is 1.09. The number of hydrogen-bond donors (Lipinski definition) is 1. The molecule has 0 radical (unpaired) electrons. The van der Waals surface area contributed by atoms with Crippen molar-refractivity contribution < 1.29 is 4.39 Å². The van der Waals surface area contributed by atoms with Gasteiger partial charge in [0.15, 0.2) is 0 Å². The Hall–Kier alpha value is -0.710. The van der Waals surface area contributed by atoms with E-state index in [-0.39, 0.29) is 11.9 Å². The third kappa shape index (κ3) is 3.15. The van der Waals surface area contributed by atoms with Crippen molar-refractivity contribution in [3.8, 4) is 0 Å². The molecule has 2 aromatic rings. The van der Waals surface area contributed by atoms with Crippen molar-refractivity contribution in [2.45, 2.75) is 13.0 Å². The highest BCUT2D eigenvalue weighted by atomic mass is 79.9. The fourth-order valence-electron chi connectivity index (χ4n) is 1.73. The summed E-state index contributed by atoms with van der Waals surface area (Å²) in [6.45, 7) is 2.94. The molecule has 0 amide bonds. The summed E-state index contributed by atoms with van der Waals surface area (Å²) in [4.78, 5) is 1.23. The number of rotatable bonds is 4. The van der Waals surface area contributed by atoms with Crippen LogP contribution in [0.4, 0.5) is 4.39 Å². The molecule has 0 aliphatic carbocycles. The van der Waals surface area contributed by atoms with Crippen LogP contribution in [0, 0.1) is 5.82 Å². The van der Waals surface area contributed by atoms with Gasteiger partial charge < -0.3 is 5.32 Å². The average Bonchev–Trinajstić information content (AvgIpc) is 2.74. The van der Waals surface area contributed by atoms with Gasteiger partial charge in [-0.15, -0.1) is 11.3 Å². The topological polar surface area (TPSA) is 12.0 Å². The van der Waals surface area contributed by atoms with Crippen LogP contribution in [0.15, 0.2) is 40.2 Å². The van der Waals surface area contributed by atoms with Crippen LogP contribution >= 0.6 is 27.3 Å². The van der Waals surface area contributed by atoms with Crippen molar-refractivity contribution in [2.75, 3.05) is 6.54 Å². The molecule has 1 N–H and O–H groups in total. The van der Waals surface area contributed by atoms with Gasteiger partial charge in [-0.1, -0.05) is 19.1 Å². The lowest BCUT2D eigenvalue weighted by Crippen LogP contribution is -2.20. The zero-order valence-electron chi connectivity index (χ0n) is 9.41. The summed E-state index contributed by atoms with van der Waals surface area (Å²) in [5.74, 6) is -0.198. The van der Waals surface area contributed by atoms with E-state index in [9.17, 15) is 4.39 Å². The Balaban J connectivity index is 2.31. The average molecular weight is 314 g/mol. The molecule has 0 bridgehead atoms. The van der Waals surface area contributed by atoms with Gasteiger partial charge in [-0.05, 0) is 52.3 Å². The van der Waals surface area contributed by atoms with Crippen molar-refractivity contribution in [1.29, 1.82) is 0 Å². The summed E-state index contributed by atoms with van der Waals surface area (Å²) in [5, 5.41) is 3.42. The maximum absolute atomic E-state index is 12.9. The molecule has 0 aliphatic heterocycles. The van der Waals surface area contributed by atoms with E-state index in [0.717, 1.165) is 15.9 Å². The lowest BCUT2D eigenvalue weighted by molar-refractivity contribution is 0.617. The minimum Gasteiger partial charge on any atom is -0.306 e. The SMILES string of the molecule is CCNC(c1ccc(F)cc1)c1ccc(Br)s1. The molecule has 0 aliphatic rings. The number of benzene rings is 1. The van der Waals surface area contributed by atoms with Crippen LogP contribution < -0.4 is 5.32 Å². The van der Waals surface area contributed by atoms with Gasteiger partial charge in [0.2, 0.25) is 0 Å². The molecule has 0 saturated carbocycles. The van der Waals surface area contributed by atoms with E-state index < -0.39 is 0 Å². The molecule has 1 aromatic carbocycles. The maximum Gasteiger partial charge on any atom is 0.123 e. The highest BCUT2D eigenvalue weighted by Gasteiger charge is 2.14. The number of halogens is 2. The normalized spacial score (nSPS) is 12.6. The molecule has 0 spiro atoms. The van der Waals surface area contributed by atoms with E-state index in [0.29, 0.717) is 0 Å². The minimum atomic E-state index is -0.198. The first-order valence-electron chi connectivity index (χ1n) is 5.44. The van der Waals surface area contributed by atoms with Gasteiger partial charge in [0.1, 0.15) is 5.82 Å². The summed E-state index contributed by atoms with van der Waals surface area (Å²) >= 11 is 5.16. The second-order valence-corrected chi connectivity index (χ2v) is 6.18. The van der Waals surface area contributed by atoms with Gasteiger partial charge in [-0.3, -0.25) is 0 Å². The molecule has 0 saturated heterocycles. The van der Waals surface area contributed by atoms with Crippen LogP contribution in [-0.2, 0) is 0 Å². The van der Waals surface area contributed by atoms with Crippen molar-refractivity contribution in [3.63, 3.8) is 0 Å². The van der Waals surface area contributed by atoms with Gasteiger partial charge in [-0.25, -0.2) is 4.39 Å². The molecule has 0 fully saturated rings. The predicted molar refractivity (Wildman–Crippen MR) is 73.9 cm³/mol. The van der Waals surface area contributed by atoms with E-state index in [1.165, 1.54) is 17.0 Å². The molecule has 1 atom stereocenters. The number of hydrogen-bond acceptors (Lipinski definition) is 2. The van der Waals surface area contributed by atoms with E-state index in [4.69, 9.17) is 0 Å². The Morgan fingerprint density at radius 3 is 2.47 bits per heavy atom.